The van der Waals surface area contributed by atoms with Crippen molar-refractivity contribution in [2.75, 3.05) is 0 Å². The van der Waals surface area contributed by atoms with E-state index >= 15 is 0 Å². The molecule has 0 bridgehead atoms. The Balaban J connectivity index is 2.26. The Hall–Kier alpha value is -2.69. The zero-order valence-corrected chi connectivity index (χ0v) is 9.76. The van der Waals surface area contributed by atoms with Crippen LogP contribution < -0.4 is 0 Å². The number of benzene rings is 2. The van der Waals surface area contributed by atoms with E-state index in [9.17, 15) is 14.5 Å². The summed E-state index contributed by atoms with van der Waals surface area (Å²) in [7, 11) is 0. The fraction of sp³-hybridized carbons (Fsp3) is 0. The third kappa shape index (κ3) is 1.85. The number of halogens is 1. The van der Waals surface area contributed by atoms with Gasteiger partial charge in [-0.15, -0.1) is 0 Å². The number of aromatic amines is 1. The molecule has 0 aliphatic carbocycles. The number of fused-ring (bicyclic) bond motifs is 1. The summed E-state index contributed by atoms with van der Waals surface area (Å²) in [6.45, 7) is 0. The third-order valence-corrected chi connectivity index (χ3v) is 3.00. The van der Waals surface area contributed by atoms with Gasteiger partial charge in [-0.1, -0.05) is 18.2 Å². The fourth-order valence-electron chi connectivity index (χ4n) is 2.12. The van der Waals surface area contributed by atoms with E-state index in [-0.39, 0.29) is 11.5 Å². The van der Waals surface area contributed by atoms with Crippen molar-refractivity contribution in [3.05, 3.63) is 64.5 Å². The largest absolute Gasteiger partial charge is 0.354 e. The molecule has 0 radical (unpaired) electrons. The molecule has 1 heterocycles. The molecule has 5 heteroatoms. The summed E-state index contributed by atoms with van der Waals surface area (Å²) in [5.74, 6) is -0.364. The number of nitro groups is 1. The first-order valence-corrected chi connectivity index (χ1v) is 5.68. The first kappa shape index (κ1) is 11.4. The number of nitrogens with one attached hydrogen (secondary N) is 1. The zero-order valence-electron chi connectivity index (χ0n) is 9.76. The second-order valence-electron chi connectivity index (χ2n) is 4.16. The number of hydrogen-bond acceptors (Lipinski definition) is 2. The predicted octanol–water partition coefficient (Wildman–Crippen LogP) is 3.88. The lowest BCUT2D eigenvalue weighted by atomic mass is 10.1. The Labute approximate surface area is 107 Å². The van der Waals surface area contributed by atoms with Gasteiger partial charge in [0.05, 0.1) is 15.8 Å². The summed E-state index contributed by atoms with van der Waals surface area (Å²) in [5, 5.41) is 11.4. The molecule has 3 aromatic rings. The Bertz CT molecular complexity index is 780. The first-order chi connectivity index (χ1) is 9.16. The van der Waals surface area contributed by atoms with Crippen molar-refractivity contribution in [1.82, 2.24) is 4.98 Å². The lowest BCUT2D eigenvalue weighted by Crippen LogP contribution is -1.87. The molecular formula is C14H9FN2O2. The molecule has 0 amide bonds. The molecule has 0 fully saturated rings. The topological polar surface area (TPSA) is 58.9 Å². The third-order valence-electron chi connectivity index (χ3n) is 3.00. The molecule has 3 rings (SSSR count). The molecule has 19 heavy (non-hydrogen) atoms. The summed E-state index contributed by atoms with van der Waals surface area (Å²) in [6.07, 6.45) is 0. The molecule has 1 N–H and O–H groups in total. The highest BCUT2D eigenvalue weighted by Gasteiger charge is 2.15. The molecule has 0 unspecified atom stereocenters. The Morgan fingerprint density at radius 2 is 1.89 bits per heavy atom. The maximum Gasteiger partial charge on any atom is 0.278 e. The van der Waals surface area contributed by atoms with Crippen molar-refractivity contribution in [3.8, 4) is 11.3 Å². The van der Waals surface area contributed by atoms with Gasteiger partial charge in [-0.2, -0.15) is 0 Å². The van der Waals surface area contributed by atoms with Gasteiger partial charge in [0.2, 0.25) is 0 Å². The zero-order chi connectivity index (χ0) is 13.4. The second kappa shape index (κ2) is 4.20. The van der Waals surface area contributed by atoms with Gasteiger partial charge < -0.3 is 4.98 Å². The van der Waals surface area contributed by atoms with Gasteiger partial charge >= 0.3 is 0 Å². The highest BCUT2D eigenvalue weighted by atomic mass is 19.1. The maximum atomic E-state index is 13.7. The monoisotopic (exact) mass is 256 g/mol. The van der Waals surface area contributed by atoms with Gasteiger partial charge in [0, 0.05) is 17.3 Å². The lowest BCUT2D eigenvalue weighted by molar-refractivity contribution is -0.383. The van der Waals surface area contributed by atoms with Crippen LogP contribution >= 0.6 is 0 Å². The average Bonchev–Trinajstić information content (AvgIpc) is 2.82. The van der Waals surface area contributed by atoms with Crippen LogP contribution in [0.5, 0.6) is 0 Å². The van der Waals surface area contributed by atoms with Gasteiger partial charge in [-0.05, 0) is 24.3 Å². The number of nitro benzene ring substituents is 1. The summed E-state index contributed by atoms with van der Waals surface area (Å²) in [4.78, 5) is 13.5. The van der Waals surface area contributed by atoms with Crippen molar-refractivity contribution >= 4 is 16.6 Å². The number of aromatic nitrogens is 1. The number of nitrogens with zero attached hydrogens (tertiary/aromatic N) is 1. The summed E-state index contributed by atoms with van der Waals surface area (Å²) in [6, 6.07) is 12.7. The van der Waals surface area contributed by atoms with E-state index in [0.717, 1.165) is 0 Å². The van der Waals surface area contributed by atoms with E-state index in [0.29, 0.717) is 22.2 Å². The van der Waals surface area contributed by atoms with Crippen molar-refractivity contribution < 1.29 is 9.31 Å². The summed E-state index contributed by atoms with van der Waals surface area (Å²) in [5.41, 5.74) is 1.55. The van der Waals surface area contributed by atoms with Gasteiger partial charge in [0.25, 0.3) is 5.69 Å². The molecule has 1 aromatic heterocycles. The van der Waals surface area contributed by atoms with Crippen LogP contribution in [0.25, 0.3) is 22.2 Å². The fourth-order valence-corrected chi connectivity index (χ4v) is 2.12. The minimum Gasteiger partial charge on any atom is -0.354 e. The number of rotatable bonds is 2. The number of hydrogen-bond donors (Lipinski definition) is 1. The van der Waals surface area contributed by atoms with Crippen LogP contribution in [-0.2, 0) is 0 Å². The van der Waals surface area contributed by atoms with Crippen molar-refractivity contribution in [3.63, 3.8) is 0 Å². The van der Waals surface area contributed by atoms with E-state index in [1.807, 2.05) is 0 Å². The van der Waals surface area contributed by atoms with Crippen LogP contribution in [0.4, 0.5) is 10.1 Å². The smallest absolute Gasteiger partial charge is 0.278 e. The summed E-state index contributed by atoms with van der Waals surface area (Å²) < 4.78 is 13.7. The molecule has 2 aromatic carbocycles. The number of non-ortho nitro benzene ring substituents is 1. The van der Waals surface area contributed by atoms with Crippen LogP contribution in [0.2, 0.25) is 0 Å². The molecule has 4 nitrogen and oxygen atoms in total. The standard InChI is InChI=1S/C14H9FN2O2/c15-11-5-2-1-4-9(11)13-8-10-12(16-13)6-3-7-14(10)17(18)19/h1-8,16H. The van der Waals surface area contributed by atoms with Gasteiger partial charge in [0.1, 0.15) is 5.82 Å². The first-order valence-electron chi connectivity index (χ1n) is 5.68. The second-order valence-corrected chi connectivity index (χ2v) is 4.16. The average molecular weight is 256 g/mol. The molecule has 0 aliphatic heterocycles. The number of H-pyrrole nitrogens is 1. The van der Waals surface area contributed by atoms with Crippen LogP contribution in [0.3, 0.4) is 0 Å². The van der Waals surface area contributed by atoms with Crippen LogP contribution in [0.15, 0.2) is 48.5 Å². The Kier molecular flexibility index (Phi) is 2.52. The van der Waals surface area contributed by atoms with Crippen LogP contribution in [0, 0.1) is 15.9 Å². The molecule has 0 aliphatic rings. The van der Waals surface area contributed by atoms with Gasteiger partial charge in [-0.25, -0.2) is 4.39 Å². The lowest BCUT2D eigenvalue weighted by Gasteiger charge is -1.98. The minimum atomic E-state index is -0.443. The van der Waals surface area contributed by atoms with Gasteiger partial charge in [-0.3, -0.25) is 10.1 Å². The van der Waals surface area contributed by atoms with Crippen molar-refractivity contribution in [2.24, 2.45) is 0 Å². The van der Waals surface area contributed by atoms with E-state index in [4.69, 9.17) is 0 Å². The summed E-state index contributed by atoms with van der Waals surface area (Å²) >= 11 is 0. The van der Waals surface area contributed by atoms with E-state index < -0.39 is 4.92 Å². The highest BCUT2D eigenvalue weighted by Crippen LogP contribution is 2.31. The van der Waals surface area contributed by atoms with E-state index in [1.165, 1.54) is 12.1 Å². The Morgan fingerprint density at radius 3 is 2.63 bits per heavy atom. The van der Waals surface area contributed by atoms with Gasteiger partial charge in [0.15, 0.2) is 0 Å². The minimum absolute atomic E-state index is 0.0105. The molecule has 94 valence electrons. The van der Waals surface area contributed by atoms with Crippen molar-refractivity contribution in [2.45, 2.75) is 0 Å². The quantitative estimate of drug-likeness (QED) is 0.558. The SMILES string of the molecule is O=[N+]([O-])c1cccc2[nH]c(-c3ccccc3F)cc12. The van der Waals surface area contributed by atoms with E-state index in [1.54, 1.807) is 36.4 Å². The van der Waals surface area contributed by atoms with Crippen LogP contribution in [-0.4, -0.2) is 9.91 Å². The van der Waals surface area contributed by atoms with E-state index in [2.05, 4.69) is 4.98 Å². The Morgan fingerprint density at radius 1 is 1.11 bits per heavy atom. The van der Waals surface area contributed by atoms with Crippen LogP contribution in [0.1, 0.15) is 0 Å². The predicted molar refractivity (Wildman–Crippen MR) is 70.3 cm³/mol. The highest BCUT2D eigenvalue weighted by molar-refractivity contribution is 5.93. The normalized spacial score (nSPS) is 10.8. The molecule has 0 atom stereocenters. The molecule has 0 saturated heterocycles. The molecule has 0 spiro atoms. The van der Waals surface area contributed by atoms with Crippen molar-refractivity contribution in [1.29, 1.82) is 0 Å². The molecule has 0 saturated carbocycles. The maximum absolute atomic E-state index is 13.7. The molecular weight excluding hydrogens is 247 g/mol.